The standard InChI is InChI=1S/C31H39N5O3/c1-20(21-9-5-3-4-6-10-21)39-25-14-8-12-23(16-25)22-11-7-13-24(15-22)36-30(28(18-34-36)31(37)38)27-17-26(27)29(32)19-35(2)33/h7-8,11-16,18-21,26-27H,3-6,9-10,17,32-33H2,1-2H3,(H,37,38)/b29-19-/t20?,26-,27?/m1/s1. The summed E-state index contributed by atoms with van der Waals surface area (Å²) < 4.78 is 8.17. The van der Waals surface area contributed by atoms with Crippen molar-refractivity contribution >= 4 is 5.97 Å². The van der Waals surface area contributed by atoms with Crippen LogP contribution in [0.15, 0.2) is 66.6 Å². The lowest BCUT2D eigenvalue weighted by atomic mass is 9.95. The predicted molar refractivity (Wildman–Crippen MR) is 152 cm³/mol. The first kappa shape index (κ1) is 26.8. The minimum absolute atomic E-state index is 0.0250. The van der Waals surface area contributed by atoms with E-state index in [2.05, 4.69) is 30.2 Å². The van der Waals surface area contributed by atoms with Crippen LogP contribution in [-0.2, 0) is 0 Å². The molecule has 2 fully saturated rings. The minimum atomic E-state index is -0.996. The van der Waals surface area contributed by atoms with Crippen LogP contribution in [0.2, 0.25) is 0 Å². The van der Waals surface area contributed by atoms with E-state index in [1.165, 1.54) is 49.7 Å². The van der Waals surface area contributed by atoms with Crippen LogP contribution in [0, 0.1) is 11.8 Å². The summed E-state index contributed by atoms with van der Waals surface area (Å²) in [6, 6.07) is 16.2. The average molecular weight is 530 g/mol. The molecule has 3 atom stereocenters. The Morgan fingerprint density at radius 1 is 1.13 bits per heavy atom. The van der Waals surface area contributed by atoms with Crippen molar-refractivity contribution in [3.05, 3.63) is 77.9 Å². The Hall–Kier alpha value is -3.78. The van der Waals surface area contributed by atoms with E-state index >= 15 is 0 Å². The van der Waals surface area contributed by atoms with E-state index in [9.17, 15) is 9.90 Å². The molecule has 3 aromatic rings. The van der Waals surface area contributed by atoms with E-state index in [0.717, 1.165) is 29.0 Å². The maximum atomic E-state index is 12.1. The third-order valence-corrected chi connectivity index (χ3v) is 8.10. The molecule has 2 unspecified atom stereocenters. The second-order valence-corrected chi connectivity index (χ2v) is 11.1. The van der Waals surface area contributed by atoms with Gasteiger partial charge in [0.25, 0.3) is 0 Å². The summed E-state index contributed by atoms with van der Waals surface area (Å²) in [7, 11) is 1.71. The summed E-state index contributed by atoms with van der Waals surface area (Å²) in [4.78, 5) is 12.1. The van der Waals surface area contributed by atoms with Gasteiger partial charge < -0.3 is 20.6 Å². The largest absolute Gasteiger partial charge is 0.490 e. The average Bonchev–Trinajstić information content (AvgIpc) is 3.65. The second kappa shape index (κ2) is 11.5. The number of nitrogens with two attached hydrogens (primary N) is 2. The van der Waals surface area contributed by atoms with Crippen molar-refractivity contribution in [3.8, 4) is 22.6 Å². The highest BCUT2D eigenvalue weighted by molar-refractivity contribution is 5.89. The van der Waals surface area contributed by atoms with Crippen LogP contribution >= 0.6 is 0 Å². The molecule has 0 radical (unpaired) electrons. The molecular formula is C31H39N5O3. The number of allylic oxidation sites excluding steroid dienone is 1. The van der Waals surface area contributed by atoms with Crippen molar-refractivity contribution in [2.24, 2.45) is 23.4 Å². The molecule has 2 aromatic carbocycles. The van der Waals surface area contributed by atoms with Crippen molar-refractivity contribution in [3.63, 3.8) is 0 Å². The van der Waals surface area contributed by atoms with Crippen molar-refractivity contribution in [2.45, 2.75) is 63.9 Å². The SMILES string of the molecule is CC(Oc1cccc(-c2cccc(-n3ncc(C(=O)O)c3C3C[C@H]3/C(N)=C/N(C)N)c2)c1)C1CCCCCC1. The molecule has 5 N–H and O–H groups in total. The van der Waals surface area contributed by atoms with Gasteiger partial charge in [0.05, 0.1) is 23.7 Å². The number of hydrogen-bond acceptors (Lipinski definition) is 6. The van der Waals surface area contributed by atoms with Crippen molar-refractivity contribution in [1.29, 1.82) is 0 Å². The lowest BCUT2D eigenvalue weighted by molar-refractivity contribution is 0.0695. The van der Waals surface area contributed by atoms with E-state index in [0.29, 0.717) is 17.3 Å². The van der Waals surface area contributed by atoms with Crippen LogP contribution in [0.25, 0.3) is 16.8 Å². The maximum Gasteiger partial charge on any atom is 0.339 e. The number of carboxylic acid groups (broad SMARTS) is 1. The van der Waals surface area contributed by atoms with Crippen molar-refractivity contribution < 1.29 is 14.6 Å². The second-order valence-electron chi connectivity index (χ2n) is 11.1. The van der Waals surface area contributed by atoms with Crippen LogP contribution in [0.5, 0.6) is 5.75 Å². The van der Waals surface area contributed by atoms with Crippen LogP contribution in [0.4, 0.5) is 0 Å². The monoisotopic (exact) mass is 529 g/mol. The van der Waals surface area contributed by atoms with E-state index in [1.807, 2.05) is 30.3 Å². The Bertz CT molecular complexity index is 1340. The number of carbonyl (C=O) groups is 1. The number of benzene rings is 2. The first-order chi connectivity index (χ1) is 18.8. The van der Waals surface area contributed by atoms with Gasteiger partial charge in [-0.3, -0.25) is 0 Å². The fourth-order valence-corrected chi connectivity index (χ4v) is 5.94. The molecule has 2 aliphatic rings. The molecule has 206 valence electrons. The smallest absolute Gasteiger partial charge is 0.339 e. The fraction of sp³-hybridized carbons (Fsp3) is 0.419. The molecule has 0 spiro atoms. The quantitative estimate of drug-likeness (QED) is 0.185. The topological polar surface area (TPSA) is 120 Å². The van der Waals surface area contributed by atoms with Crippen LogP contribution in [0.3, 0.4) is 0 Å². The number of ether oxygens (including phenoxy) is 1. The van der Waals surface area contributed by atoms with Crippen LogP contribution < -0.4 is 16.3 Å². The lowest BCUT2D eigenvalue weighted by Crippen LogP contribution is -2.23. The number of rotatable bonds is 9. The number of aromatic nitrogens is 2. The predicted octanol–water partition coefficient (Wildman–Crippen LogP) is 5.68. The van der Waals surface area contributed by atoms with Gasteiger partial charge in [-0.2, -0.15) is 5.10 Å². The number of hydrazine groups is 1. The van der Waals surface area contributed by atoms with Gasteiger partial charge in [0, 0.05) is 30.8 Å². The van der Waals surface area contributed by atoms with Crippen LogP contribution in [0.1, 0.15) is 73.8 Å². The van der Waals surface area contributed by atoms with Crippen molar-refractivity contribution in [1.82, 2.24) is 14.8 Å². The maximum absolute atomic E-state index is 12.1. The Kier molecular flexibility index (Phi) is 7.93. The summed E-state index contributed by atoms with van der Waals surface area (Å²) in [5, 5.41) is 15.8. The molecule has 2 saturated carbocycles. The lowest BCUT2D eigenvalue weighted by Gasteiger charge is -2.24. The molecule has 0 bridgehead atoms. The first-order valence-corrected chi connectivity index (χ1v) is 13.9. The molecule has 0 saturated heterocycles. The molecule has 2 aliphatic carbocycles. The molecule has 1 aromatic heterocycles. The Labute approximate surface area is 230 Å². The molecule has 0 aliphatic heterocycles. The van der Waals surface area contributed by atoms with Gasteiger partial charge in [-0.15, -0.1) is 0 Å². The first-order valence-electron chi connectivity index (χ1n) is 13.9. The zero-order valence-corrected chi connectivity index (χ0v) is 22.8. The third-order valence-electron chi connectivity index (χ3n) is 8.10. The number of nitrogens with zero attached hydrogens (tertiary/aromatic N) is 3. The van der Waals surface area contributed by atoms with Crippen LogP contribution in [-0.4, -0.2) is 39.0 Å². The third kappa shape index (κ3) is 6.11. The van der Waals surface area contributed by atoms with E-state index in [1.54, 1.807) is 17.9 Å². The summed E-state index contributed by atoms with van der Waals surface area (Å²) in [5.74, 6) is 6.19. The number of carboxylic acids is 1. The summed E-state index contributed by atoms with van der Waals surface area (Å²) >= 11 is 0. The molecule has 5 rings (SSSR count). The summed E-state index contributed by atoms with van der Waals surface area (Å²) in [6.07, 6.45) is 11.8. The molecule has 8 nitrogen and oxygen atoms in total. The van der Waals surface area contributed by atoms with E-state index < -0.39 is 5.97 Å². The number of aromatic carboxylic acids is 1. The number of hydrogen-bond donors (Lipinski definition) is 3. The van der Waals surface area contributed by atoms with E-state index in [4.69, 9.17) is 16.3 Å². The highest BCUT2D eigenvalue weighted by Crippen LogP contribution is 2.51. The van der Waals surface area contributed by atoms with Gasteiger partial charge in [0.15, 0.2) is 0 Å². The molecule has 0 amide bonds. The van der Waals surface area contributed by atoms with Gasteiger partial charge >= 0.3 is 5.97 Å². The van der Waals surface area contributed by atoms with Gasteiger partial charge in [0.1, 0.15) is 11.3 Å². The summed E-state index contributed by atoms with van der Waals surface area (Å²) in [5.41, 5.74) is 10.6. The molecule has 39 heavy (non-hydrogen) atoms. The molecule has 1 heterocycles. The highest BCUT2D eigenvalue weighted by Gasteiger charge is 2.45. The van der Waals surface area contributed by atoms with Gasteiger partial charge in [-0.1, -0.05) is 49.9 Å². The Balaban J connectivity index is 1.40. The molecular weight excluding hydrogens is 490 g/mol. The zero-order chi connectivity index (χ0) is 27.5. The Morgan fingerprint density at radius 2 is 1.82 bits per heavy atom. The van der Waals surface area contributed by atoms with Crippen molar-refractivity contribution in [2.75, 3.05) is 7.05 Å². The van der Waals surface area contributed by atoms with Gasteiger partial charge in [-0.05, 0) is 67.5 Å². The van der Waals surface area contributed by atoms with Gasteiger partial charge in [0.2, 0.25) is 0 Å². The van der Waals surface area contributed by atoms with E-state index in [-0.39, 0.29) is 23.5 Å². The summed E-state index contributed by atoms with van der Waals surface area (Å²) in [6.45, 7) is 2.20. The highest BCUT2D eigenvalue weighted by atomic mass is 16.5. The van der Waals surface area contributed by atoms with Gasteiger partial charge in [-0.25, -0.2) is 15.3 Å². The fourth-order valence-electron chi connectivity index (χ4n) is 5.94. The zero-order valence-electron chi connectivity index (χ0n) is 22.8. The Morgan fingerprint density at radius 3 is 2.51 bits per heavy atom. The molecule has 8 heteroatoms. The minimum Gasteiger partial charge on any atom is -0.490 e. The normalized spacial score (nSPS) is 20.7.